The summed E-state index contributed by atoms with van der Waals surface area (Å²) >= 11 is 0. The van der Waals surface area contributed by atoms with Crippen molar-refractivity contribution in [2.45, 2.75) is 11.1 Å². The predicted octanol–water partition coefficient (Wildman–Crippen LogP) is 8.62. The van der Waals surface area contributed by atoms with E-state index < -0.39 is 11.1 Å². The van der Waals surface area contributed by atoms with E-state index in [-0.39, 0.29) is 0 Å². The monoisotopic (exact) mass is 542 g/mol. The molecule has 2 N–H and O–H groups in total. The fourth-order valence-corrected chi connectivity index (χ4v) is 5.96. The Bertz CT molecular complexity index is 1360. The Kier molecular flexibility index (Phi) is 7.96. The summed E-state index contributed by atoms with van der Waals surface area (Å²) in [5.41, 5.74) is 5.76. The van der Waals surface area contributed by atoms with E-state index in [1.54, 1.807) is 0 Å². The quantitative estimate of drug-likeness (QED) is 0.169. The summed E-state index contributed by atoms with van der Waals surface area (Å²) in [7, 11) is 0. The maximum absolute atomic E-state index is 3.87. The molecule has 0 unspecified atom stereocenters. The van der Waals surface area contributed by atoms with E-state index in [1.165, 1.54) is 0 Å². The molecule has 6 rings (SSSR count). The molecular formula is C40H34N2. The van der Waals surface area contributed by atoms with Crippen LogP contribution < -0.4 is 10.6 Å². The fourth-order valence-electron chi connectivity index (χ4n) is 5.96. The third kappa shape index (κ3) is 5.11. The minimum absolute atomic E-state index is 0.600. The van der Waals surface area contributed by atoms with Crippen molar-refractivity contribution in [3.8, 4) is 0 Å². The van der Waals surface area contributed by atoms with E-state index in [2.05, 4.69) is 205 Å². The predicted molar refractivity (Wildman–Crippen MR) is 174 cm³/mol. The molecule has 42 heavy (non-hydrogen) atoms. The van der Waals surface area contributed by atoms with Crippen molar-refractivity contribution in [2.24, 2.45) is 0 Å². The van der Waals surface area contributed by atoms with Gasteiger partial charge in [-0.15, -0.1) is 0 Å². The molecule has 2 nitrogen and oxygen atoms in total. The molecule has 0 aliphatic heterocycles. The Morgan fingerprint density at radius 3 is 0.595 bits per heavy atom. The maximum atomic E-state index is 3.87. The van der Waals surface area contributed by atoms with Crippen molar-refractivity contribution in [1.82, 2.24) is 10.6 Å². The average molecular weight is 543 g/mol. The molecule has 0 aliphatic rings. The summed E-state index contributed by atoms with van der Waals surface area (Å²) in [5.74, 6) is 0. The number of rotatable bonds is 10. The first-order valence-corrected chi connectivity index (χ1v) is 14.4. The van der Waals surface area contributed by atoms with Crippen LogP contribution in [0.1, 0.15) is 33.4 Å². The summed E-state index contributed by atoms with van der Waals surface area (Å²) in [4.78, 5) is 0. The molecule has 204 valence electrons. The first-order valence-electron chi connectivity index (χ1n) is 14.4. The smallest absolute Gasteiger partial charge is 0.113 e. The van der Waals surface area contributed by atoms with E-state index in [9.17, 15) is 0 Å². The highest BCUT2D eigenvalue weighted by atomic mass is 15.0. The molecule has 0 aromatic heterocycles. The fraction of sp³-hybridized carbons (Fsp3) is 0.0500. The van der Waals surface area contributed by atoms with Gasteiger partial charge < -0.3 is 10.6 Å². The Labute approximate surface area is 249 Å². The van der Waals surface area contributed by atoms with Gasteiger partial charge in [-0.05, 0) is 33.4 Å². The lowest BCUT2D eigenvalue weighted by molar-refractivity contribution is 0.528. The lowest BCUT2D eigenvalue weighted by Gasteiger charge is -2.38. The van der Waals surface area contributed by atoms with Crippen molar-refractivity contribution in [2.75, 3.05) is 0 Å². The molecule has 6 aromatic rings. The van der Waals surface area contributed by atoms with Crippen LogP contribution in [0.5, 0.6) is 0 Å². The van der Waals surface area contributed by atoms with Crippen LogP contribution in [-0.2, 0) is 11.1 Å². The largest absolute Gasteiger partial charge is 0.373 e. The van der Waals surface area contributed by atoms with Gasteiger partial charge >= 0.3 is 0 Å². The highest BCUT2D eigenvalue weighted by Gasteiger charge is 2.37. The van der Waals surface area contributed by atoms with E-state index in [0.29, 0.717) is 0 Å². The first kappa shape index (κ1) is 26.9. The maximum Gasteiger partial charge on any atom is 0.113 e. The van der Waals surface area contributed by atoms with Gasteiger partial charge in [0.2, 0.25) is 0 Å². The van der Waals surface area contributed by atoms with Crippen molar-refractivity contribution < 1.29 is 0 Å². The van der Waals surface area contributed by atoms with Crippen LogP contribution in [0.15, 0.2) is 194 Å². The van der Waals surface area contributed by atoms with Crippen molar-refractivity contribution in [3.63, 3.8) is 0 Å². The molecule has 6 aromatic carbocycles. The van der Waals surface area contributed by atoms with Crippen LogP contribution in [0.25, 0.3) is 0 Å². The topological polar surface area (TPSA) is 24.1 Å². The van der Waals surface area contributed by atoms with Gasteiger partial charge in [0.15, 0.2) is 0 Å². The van der Waals surface area contributed by atoms with E-state index in [1.807, 2.05) is 0 Å². The molecule has 0 spiro atoms. The van der Waals surface area contributed by atoms with Crippen LogP contribution in [0.3, 0.4) is 0 Å². The lowest BCUT2D eigenvalue weighted by Crippen LogP contribution is -2.44. The molecule has 0 bridgehead atoms. The van der Waals surface area contributed by atoms with Crippen molar-refractivity contribution in [1.29, 1.82) is 0 Å². The van der Waals surface area contributed by atoms with Crippen LogP contribution in [-0.4, -0.2) is 0 Å². The molecule has 0 aliphatic carbocycles. The van der Waals surface area contributed by atoms with Crippen LogP contribution in [0.4, 0.5) is 0 Å². The van der Waals surface area contributed by atoms with Gasteiger partial charge in [-0.25, -0.2) is 0 Å². The van der Waals surface area contributed by atoms with Gasteiger partial charge in [0.25, 0.3) is 0 Å². The second-order valence-electron chi connectivity index (χ2n) is 10.3. The van der Waals surface area contributed by atoms with Gasteiger partial charge in [-0.1, -0.05) is 182 Å². The van der Waals surface area contributed by atoms with E-state index in [4.69, 9.17) is 0 Å². The van der Waals surface area contributed by atoms with Crippen molar-refractivity contribution >= 4 is 0 Å². The zero-order valence-corrected chi connectivity index (χ0v) is 23.5. The molecule has 2 heteroatoms. The molecule has 0 saturated heterocycles. The minimum atomic E-state index is -0.600. The summed E-state index contributed by atoms with van der Waals surface area (Å²) in [6.45, 7) is 0. The van der Waals surface area contributed by atoms with E-state index >= 15 is 0 Å². The number of nitrogens with one attached hydrogen (secondary N) is 2. The number of hydrogen-bond acceptors (Lipinski definition) is 2. The van der Waals surface area contributed by atoms with E-state index in [0.717, 1.165) is 33.4 Å². The standard InChI is InChI=1S/C40H34N2/c1-7-19-33(20-8-1)39(34-21-9-2-10-22-34,35-23-11-3-12-24-35)41-31-32-42-40(36-25-13-4-14-26-36,37-27-15-5-16-28-37)38-29-17-6-18-30-38/h1-32,41-42H. The third-order valence-electron chi connectivity index (χ3n) is 7.92. The Morgan fingerprint density at radius 2 is 0.429 bits per heavy atom. The zero-order valence-electron chi connectivity index (χ0n) is 23.5. The molecule has 0 atom stereocenters. The van der Waals surface area contributed by atoms with Crippen LogP contribution in [0.2, 0.25) is 0 Å². The Morgan fingerprint density at radius 1 is 0.262 bits per heavy atom. The first-order chi connectivity index (χ1) is 20.8. The normalized spacial score (nSPS) is 11.7. The van der Waals surface area contributed by atoms with Crippen LogP contribution in [0, 0.1) is 0 Å². The van der Waals surface area contributed by atoms with Gasteiger partial charge in [-0.2, -0.15) is 0 Å². The molecular weight excluding hydrogens is 508 g/mol. The third-order valence-corrected chi connectivity index (χ3v) is 7.92. The van der Waals surface area contributed by atoms with Gasteiger partial charge in [-0.3, -0.25) is 0 Å². The molecule has 0 fully saturated rings. The molecule has 0 heterocycles. The Balaban J connectivity index is 1.48. The second kappa shape index (κ2) is 12.4. The molecule has 0 amide bonds. The zero-order chi connectivity index (χ0) is 28.5. The Hall–Kier alpha value is -5.34. The number of benzene rings is 6. The number of hydrogen-bond donors (Lipinski definition) is 2. The summed E-state index contributed by atoms with van der Waals surface area (Å²) < 4.78 is 0. The lowest BCUT2D eigenvalue weighted by atomic mass is 9.77. The summed E-state index contributed by atoms with van der Waals surface area (Å²) in [6, 6.07) is 63.9. The van der Waals surface area contributed by atoms with Gasteiger partial charge in [0.05, 0.1) is 0 Å². The van der Waals surface area contributed by atoms with Gasteiger partial charge in [0, 0.05) is 12.4 Å². The summed E-state index contributed by atoms with van der Waals surface area (Å²) in [5, 5.41) is 7.73. The molecule has 0 radical (unpaired) electrons. The SMILES string of the molecule is C(=CNC(c1ccccc1)(c1ccccc1)c1ccccc1)NC(c1ccccc1)(c1ccccc1)c1ccccc1. The van der Waals surface area contributed by atoms with Crippen LogP contribution >= 0.6 is 0 Å². The highest BCUT2D eigenvalue weighted by molar-refractivity contribution is 5.51. The second-order valence-corrected chi connectivity index (χ2v) is 10.3. The molecule has 0 saturated carbocycles. The highest BCUT2D eigenvalue weighted by Crippen LogP contribution is 2.38. The van der Waals surface area contributed by atoms with Gasteiger partial charge in [0.1, 0.15) is 11.1 Å². The average Bonchev–Trinajstić information content (AvgIpc) is 3.09. The summed E-state index contributed by atoms with van der Waals surface area (Å²) in [6.07, 6.45) is 4.10. The minimum Gasteiger partial charge on any atom is -0.373 e. The van der Waals surface area contributed by atoms with Crippen molar-refractivity contribution in [3.05, 3.63) is 228 Å².